The van der Waals surface area contributed by atoms with E-state index in [1.54, 1.807) is 6.92 Å². The first-order valence-electron chi connectivity index (χ1n) is 3.85. The molecule has 0 aromatic rings. The van der Waals surface area contributed by atoms with E-state index in [1.807, 2.05) is 20.9 Å². The Bertz CT molecular complexity index is 77.4. The Morgan fingerprint density at radius 1 is 1.55 bits per heavy atom. The predicted molar refractivity (Wildman–Crippen MR) is 53.9 cm³/mol. The molecule has 0 aliphatic heterocycles. The summed E-state index contributed by atoms with van der Waals surface area (Å²) < 4.78 is 0. The van der Waals surface area contributed by atoms with Crippen molar-refractivity contribution in [3.63, 3.8) is 0 Å². The van der Waals surface area contributed by atoms with Crippen molar-refractivity contribution in [3.8, 4) is 0 Å². The van der Waals surface area contributed by atoms with Gasteiger partial charge < -0.3 is 5.32 Å². The quantitative estimate of drug-likeness (QED) is 0.446. The largest absolute Gasteiger partial charge is 0.320 e. The lowest BCUT2D eigenvalue weighted by Gasteiger charge is -1.76. The van der Waals surface area contributed by atoms with Gasteiger partial charge in [-0.25, -0.2) is 0 Å². The van der Waals surface area contributed by atoms with Gasteiger partial charge in [0.15, 0.2) is 0 Å². The lowest BCUT2D eigenvalue weighted by molar-refractivity contribution is 0.864. The maximum absolute atomic E-state index is 6.51. The van der Waals surface area contributed by atoms with Crippen LogP contribution in [0.15, 0.2) is 4.99 Å². The molecule has 0 spiro atoms. The number of hydrogen-bond acceptors (Lipinski definition) is 2. The Hall–Kier alpha value is -0.700. The second-order valence-electron chi connectivity index (χ2n) is 1.45. The average molecular weight is 159 g/mol. The summed E-state index contributed by atoms with van der Waals surface area (Å²) in [6.45, 7) is 11.8. The Kier molecular flexibility index (Phi) is 34.7. The molecular formula is C8H21N3. The maximum Gasteiger partial charge on any atom is 0.116 e. The van der Waals surface area contributed by atoms with Gasteiger partial charge in [0.2, 0.25) is 0 Å². The molecule has 0 heterocycles. The molecule has 3 nitrogen and oxygen atoms in total. The van der Waals surface area contributed by atoms with Gasteiger partial charge in [0.1, 0.15) is 5.84 Å². The third-order valence-corrected chi connectivity index (χ3v) is 0.591. The summed E-state index contributed by atoms with van der Waals surface area (Å²) in [5, 5.41) is 9.44. The fraction of sp³-hybridized carbons (Fsp3) is 0.750. The van der Waals surface area contributed by atoms with Gasteiger partial charge in [-0.05, 0) is 27.2 Å². The molecule has 0 atom stereocenters. The molecule has 0 radical (unpaired) electrons. The molecule has 0 saturated heterocycles. The Balaban J connectivity index is -0.0000000965. The minimum Gasteiger partial charge on any atom is -0.320 e. The molecule has 0 rings (SSSR count). The van der Waals surface area contributed by atoms with Crippen LogP contribution >= 0.6 is 0 Å². The van der Waals surface area contributed by atoms with E-state index in [0.717, 1.165) is 6.54 Å². The van der Waals surface area contributed by atoms with Gasteiger partial charge in [-0.1, -0.05) is 20.8 Å². The predicted octanol–water partition coefficient (Wildman–Crippen LogP) is 1.94. The molecule has 0 saturated carbocycles. The van der Waals surface area contributed by atoms with Gasteiger partial charge in [-0.3, -0.25) is 10.4 Å². The highest BCUT2D eigenvalue weighted by Gasteiger charge is 1.63. The van der Waals surface area contributed by atoms with Gasteiger partial charge in [0.05, 0.1) is 0 Å². The zero-order valence-corrected chi connectivity index (χ0v) is 8.36. The first-order chi connectivity index (χ1) is 5.18. The second kappa shape index (κ2) is 22.8. The third kappa shape index (κ3) is 93.7. The Labute approximate surface area is 70.4 Å². The van der Waals surface area contributed by atoms with Crippen LogP contribution in [0.4, 0.5) is 0 Å². The topological polar surface area (TPSA) is 48.2 Å². The van der Waals surface area contributed by atoms with E-state index >= 15 is 0 Å². The molecule has 0 bridgehead atoms. The van der Waals surface area contributed by atoms with Crippen LogP contribution in [0.1, 0.15) is 27.7 Å². The van der Waals surface area contributed by atoms with Crippen LogP contribution in [0.2, 0.25) is 0 Å². The molecular weight excluding hydrogens is 138 g/mol. The minimum absolute atomic E-state index is 0.269. The summed E-state index contributed by atoms with van der Waals surface area (Å²) in [6, 6.07) is 0. The first-order valence-corrected chi connectivity index (χ1v) is 3.85. The third-order valence-electron chi connectivity index (χ3n) is 0.591. The van der Waals surface area contributed by atoms with Crippen LogP contribution in [-0.2, 0) is 0 Å². The van der Waals surface area contributed by atoms with E-state index < -0.39 is 0 Å². The van der Waals surface area contributed by atoms with E-state index in [-0.39, 0.29) is 5.84 Å². The van der Waals surface area contributed by atoms with Crippen molar-refractivity contribution in [2.45, 2.75) is 27.7 Å². The fourth-order valence-corrected chi connectivity index (χ4v) is 0. The Morgan fingerprint density at radius 3 is 1.73 bits per heavy atom. The summed E-state index contributed by atoms with van der Waals surface area (Å²) in [6.07, 6.45) is 0. The first kappa shape index (κ1) is 16.7. The molecule has 0 aliphatic carbocycles. The summed E-state index contributed by atoms with van der Waals surface area (Å²) in [5.74, 6) is 0.269. The van der Waals surface area contributed by atoms with Crippen LogP contribution in [0.25, 0.3) is 0 Å². The van der Waals surface area contributed by atoms with Gasteiger partial charge in [0, 0.05) is 0 Å². The van der Waals surface area contributed by atoms with Gasteiger partial charge in [-0.2, -0.15) is 0 Å². The van der Waals surface area contributed by atoms with Crippen molar-refractivity contribution < 1.29 is 0 Å². The molecule has 3 heteroatoms. The molecule has 0 fully saturated rings. The van der Waals surface area contributed by atoms with Crippen LogP contribution < -0.4 is 5.32 Å². The van der Waals surface area contributed by atoms with Crippen molar-refractivity contribution in [1.82, 2.24) is 5.32 Å². The smallest absolute Gasteiger partial charge is 0.116 e. The van der Waals surface area contributed by atoms with Crippen molar-refractivity contribution in [1.29, 1.82) is 5.41 Å². The molecule has 0 aromatic heterocycles. The van der Waals surface area contributed by atoms with Crippen LogP contribution in [0.3, 0.4) is 0 Å². The zero-order chi connectivity index (χ0) is 9.70. The van der Waals surface area contributed by atoms with E-state index in [9.17, 15) is 0 Å². The van der Waals surface area contributed by atoms with E-state index in [2.05, 4.69) is 24.0 Å². The normalized spacial score (nSPS) is 6.27. The summed E-state index contributed by atoms with van der Waals surface area (Å²) in [4.78, 5) is 3.22. The Morgan fingerprint density at radius 2 is 1.73 bits per heavy atom. The van der Waals surface area contributed by atoms with E-state index in [4.69, 9.17) is 5.41 Å². The number of nitrogens with zero attached hydrogens (tertiary/aromatic N) is 1. The number of nitrogens with one attached hydrogen (secondary N) is 2. The molecule has 11 heavy (non-hydrogen) atoms. The van der Waals surface area contributed by atoms with Gasteiger partial charge in [0.25, 0.3) is 0 Å². The van der Waals surface area contributed by atoms with E-state index in [1.165, 1.54) is 0 Å². The molecule has 0 amide bonds. The highest BCUT2D eigenvalue weighted by atomic mass is 14.8. The number of amidine groups is 1. The average Bonchev–Trinajstić information content (AvgIpc) is 2.08. The molecule has 0 unspecified atom stereocenters. The van der Waals surface area contributed by atoms with Gasteiger partial charge in [-0.15, -0.1) is 0 Å². The van der Waals surface area contributed by atoms with Crippen molar-refractivity contribution in [2.75, 3.05) is 13.6 Å². The highest BCUT2D eigenvalue weighted by Crippen LogP contribution is 1.60. The lowest BCUT2D eigenvalue weighted by Crippen LogP contribution is -2.01. The SMILES string of the molecule is C=NC(C)=N.CC.CCNC. The van der Waals surface area contributed by atoms with Gasteiger partial charge >= 0.3 is 0 Å². The second-order valence-corrected chi connectivity index (χ2v) is 1.45. The number of rotatable bonds is 1. The van der Waals surface area contributed by atoms with Crippen LogP contribution in [0.5, 0.6) is 0 Å². The monoisotopic (exact) mass is 159 g/mol. The summed E-state index contributed by atoms with van der Waals surface area (Å²) >= 11 is 0. The zero-order valence-electron chi connectivity index (χ0n) is 8.36. The summed E-state index contributed by atoms with van der Waals surface area (Å²) in [7, 11) is 1.93. The fourth-order valence-electron chi connectivity index (χ4n) is 0. The van der Waals surface area contributed by atoms with Crippen molar-refractivity contribution >= 4 is 12.6 Å². The molecule has 68 valence electrons. The highest BCUT2D eigenvalue weighted by molar-refractivity contribution is 5.80. The standard InChI is InChI=1S/C3H6N2.C3H9N.C2H6/c1-3(4)5-2;1-3-4-2;1-2/h4H,2H2,1H3;4H,3H2,1-2H3;1-2H3. The summed E-state index contributed by atoms with van der Waals surface area (Å²) in [5.41, 5.74) is 0. The molecule has 2 N–H and O–H groups in total. The van der Waals surface area contributed by atoms with Crippen LogP contribution in [0, 0.1) is 5.41 Å². The lowest BCUT2D eigenvalue weighted by atomic mass is 10.7. The molecule has 0 aromatic carbocycles. The van der Waals surface area contributed by atoms with E-state index in [0.29, 0.717) is 0 Å². The number of hydrogen-bond donors (Lipinski definition) is 2. The minimum atomic E-state index is 0.269. The molecule has 0 aliphatic rings. The van der Waals surface area contributed by atoms with Crippen molar-refractivity contribution in [2.24, 2.45) is 4.99 Å². The maximum atomic E-state index is 6.51. The number of aliphatic imine (C=N–C) groups is 1. The van der Waals surface area contributed by atoms with Crippen molar-refractivity contribution in [3.05, 3.63) is 0 Å². The van der Waals surface area contributed by atoms with Crippen LogP contribution in [-0.4, -0.2) is 26.1 Å².